The van der Waals surface area contributed by atoms with Crippen LogP contribution in [0.1, 0.15) is 24.3 Å². The summed E-state index contributed by atoms with van der Waals surface area (Å²) in [6.45, 7) is 4.32. The number of ether oxygens (including phenoxy) is 1. The molecule has 0 unspecified atom stereocenters. The topological polar surface area (TPSA) is 61.9 Å². The van der Waals surface area contributed by atoms with E-state index in [4.69, 9.17) is 4.74 Å². The van der Waals surface area contributed by atoms with Gasteiger partial charge in [0.25, 0.3) is 0 Å². The van der Waals surface area contributed by atoms with E-state index >= 15 is 0 Å². The Morgan fingerprint density at radius 1 is 1.15 bits per heavy atom. The highest BCUT2D eigenvalue weighted by Gasteiger charge is 2.26. The molecular weight excluding hydrogens is 362 g/mol. The minimum absolute atomic E-state index is 0.0711. The van der Waals surface area contributed by atoms with Crippen molar-refractivity contribution >= 4 is 28.8 Å². The molecule has 0 radical (unpaired) electrons. The lowest BCUT2D eigenvalue weighted by Gasteiger charge is -2.37. The number of thiophene rings is 1. The van der Waals surface area contributed by atoms with Gasteiger partial charge >= 0.3 is 0 Å². The molecule has 2 aromatic rings. The molecule has 1 fully saturated rings. The average Bonchev–Trinajstić information content (AvgIpc) is 3.22. The van der Waals surface area contributed by atoms with Gasteiger partial charge in [-0.1, -0.05) is 18.2 Å². The number of carbonyl (C=O) groups excluding carboxylic acids is 2. The van der Waals surface area contributed by atoms with Gasteiger partial charge in [-0.15, -0.1) is 11.3 Å². The van der Waals surface area contributed by atoms with Crippen LogP contribution in [0.4, 0.5) is 5.69 Å². The molecule has 1 N–H and O–H groups in total. The lowest BCUT2D eigenvalue weighted by molar-refractivity contribution is -0.132. The van der Waals surface area contributed by atoms with E-state index in [1.807, 2.05) is 46.7 Å². The summed E-state index contributed by atoms with van der Waals surface area (Å²) in [5.74, 6) is 0.796. The zero-order valence-corrected chi connectivity index (χ0v) is 16.5. The third-order valence-electron chi connectivity index (χ3n) is 4.70. The Bertz CT molecular complexity index is 771. The quantitative estimate of drug-likeness (QED) is 0.828. The zero-order chi connectivity index (χ0) is 19.2. The molecule has 0 bridgehead atoms. The first-order valence-electron chi connectivity index (χ1n) is 9.04. The normalized spacial score (nSPS) is 15.3. The van der Waals surface area contributed by atoms with Crippen LogP contribution in [-0.2, 0) is 9.59 Å². The Hall–Kier alpha value is -2.54. The molecule has 27 heavy (non-hydrogen) atoms. The first-order chi connectivity index (χ1) is 13.1. The van der Waals surface area contributed by atoms with Crippen LogP contribution in [0.5, 0.6) is 5.75 Å². The molecule has 1 aliphatic heterocycles. The van der Waals surface area contributed by atoms with E-state index in [1.165, 1.54) is 6.92 Å². The molecule has 7 heteroatoms. The summed E-state index contributed by atoms with van der Waals surface area (Å²) in [6, 6.07) is 11.6. The Balaban J connectivity index is 1.60. The molecular formula is C20H25N3O3S. The maximum absolute atomic E-state index is 12.8. The Morgan fingerprint density at radius 3 is 2.52 bits per heavy atom. The summed E-state index contributed by atoms with van der Waals surface area (Å²) in [6.07, 6.45) is 0.286. The molecule has 1 aromatic carbocycles. The van der Waals surface area contributed by atoms with Crippen LogP contribution in [-0.4, -0.2) is 50.0 Å². The monoisotopic (exact) mass is 387 g/mol. The van der Waals surface area contributed by atoms with E-state index in [2.05, 4.69) is 10.2 Å². The van der Waals surface area contributed by atoms with Crippen molar-refractivity contribution in [3.63, 3.8) is 0 Å². The van der Waals surface area contributed by atoms with Gasteiger partial charge in [0.05, 0.1) is 25.3 Å². The molecule has 2 amide bonds. The Kier molecular flexibility index (Phi) is 6.34. The number of nitrogens with one attached hydrogen (secondary N) is 1. The van der Waals surface area contributed by atoms with E-state index in [-0.39, 0.29) is 24.3 Å². The van der Waals surface area contributed by atoms with Crippen molar-refractivity contribution in [2.75, 3.05) is 38.2 Å². The summed E-state index contributed by atoms with van der Waals surface area (Å²) in [5.41, 5.74) is 1.06. The molecule has 1 aromatic heterocycles. The van der Waals surface area contributed by atoms with Crippen LogP contribution >= 0.6 is 11.3 Å². The van der Waals surface area contributed by atoms with Crippen LogP contribution in [0.3, 0.4) is 0 Å². The van der Waals surface area contributed by atoms with Crippen molar-refractivity contribution in [1.82, 2.24) is 10.2 Å². The summed E-state index contributed by atoms with van der Waals surface area (Å²) in [5, 5.41) is 4.86. The van der Waals surface area contributed by atoms with Gasteiger partial charge in [-0.3, -0.25) is 9.59 Å². The van der Waals surface area contributed by atoms with Gasteiger partial charge in [-0.05, 0) is 23.6 Å². The second-order valence-corrected chi connectivity index (χ2v) is 7.49. The van der Waals surface area contributed by atoms with Crippen LogP contribution in [0.25, 0.3) is 0 Å². The van der Waals surface area contributed by atoms with Crippen molar-refractivity contribution in [2.24, 2.45) is 0 Å². The first-order valence-corrected chi connectivity index (χ1v) is 9.92. The third-order valence-corrected chi connectivity index (χ3v) is 5.69. The SMILES string of the molecule is COc1ccccc1N1CCN(C(=O)C[C@H](NC(C)=O)c2cccs2)CC1. The van der Waals surface area contributed by atoms with E-state index in [0.717, 1.165) is 29.4 Å². The minimum atomic E-state index is -0.262. The molecule has 0 aliphatic carbocycles. The Labute approximate surface area is 163 Å². The number of methoxy groups -OCH3 is 1. The second kappa shape index (κ2) is 8.90. The van der Waals surface area contributed by atoms with Gasteiger partial charge in [-0.2, -0.15) is 0 Å². The number of piperazine rings is 1. The van der Waals surface area contributed by atoms with Crippen LogP contribution < -0.4 is 15.0 Å². The zero-order valence-electron chi connectivity index (χ0n) is 15.7. The molecule has 1 aliphatic rings. The van der Waals surface area contributed by atoms with Gasteiger partial charge < -0.3 is 19.9 Å². The minimum Gasteiger partial charge on any atom is -0.495 e. The smallest absolute Gasteiger partial charge is 0.225 e. The number of rotatable bonds is 6. The fraction of sp³-hybridized carbons (Fsp3) is 0.400. The molecule has 3 rings (SSSR count). The van der Waals surface area contributed by atoms with Gasteiger partial charge in [-0.25, -0.2) is 0 Å². The largest absolute Gasteiger partial charge is 0.495 e. The van der Waals surface area contributed by atoms with Crippen molar-refractivity contribution < 1.29 is 14.3 Å². The number of amides is 2. The first kappa shape index (κ1) is 19.2. The number of anilines is 1. The maximum atomic E-state index is 12.8. The number of carbonyl (C=O) groups is 2. The standard InChI is InChI=1S/C20H25N3O3S/c1-15(24)21-16(19-8-5-13-27-19)14-20(25)23-11-9-22(10-12-23)17-6-3-4-7-18(17)26-2/h3-8,13,16H,9-12,14H2,1-2H3,(H,21,24)/t16-/m0/s1. The fourth-order valence-corrected chi connectivity index (χ4v) is 4.13. The molecule has 1 atom stereocenters. The number of hydrogen-bond acceptors (Lipinski definition) is 5. The molecule has 0 spiro atoms. The van der Waals surface area contributed by atoms with E-state index in [9.17, 15) is 9.59 Å². The fourth-order valence-electron chi connectivity index (χ4n) is 3.35. The van der Waals surface area contributed by atoms with Crippen LogP contribution in [0.15, 0.2) is 41.8 Å². The lowest BCUT2D eigenvalue weighted by Crippen LogP contribution is -2.49. The predicted octanol–water partition coefficient (Wildman–Crippen LogP) is 2.67. The van der Waals surface area contributed by atoms with Gasteiger partial charge in [0.2, 0.25) is 11.8 Å². The second-order valence-electron chi connectivity index (χ2n) is 6.51. The van der Waals surface area contributed by atoms with E-state index < -0.39 is 0 Å². The van der Waals surface area contributed by atoms with Gasteiger partial charge in [0.15, 0.2) is 0 Å². The van der Waals surface area contributed by atoms with Crippen molar-refractivity contribution in [3.05, 3.63) is 46.7 Å². The highest BCUT2D eigenvalue weighted by atomic mass is 32.1. The summed E-state index contributed by atoms with van der Waals surface area (Å²) in [7, 11) is 1.67. The highest BCUT2D eigenvalue weighted by molar-refractivity contribution is 7.10. The predicted molar refractivity (Wildman–Crippen MR) is 107 cm³/mol. The number of para-hydroxylation sites is 2. The molecule has 0 saturated carbocycles. The van der Waals surface area contributed by atoms with Gasteiger partial charge in [0, 0.05) is 38.0 Å². The maximum Gasteiger partial charge on any atom is 0.225 e. The van der Waals surface area contributed by atoms with Crippen LogP contribution in [0.2, 0.25) is 0 Å². The third kappa shape index (κ3) is 4.80. The number of benzene rings is 1. The van der Waals surface area contributed by atoms with Crippen molar-refractivity contribution in [3.8, 4) is 5.75 Å². The van der Waals surface area contributed by atoms with Crippen LogP contribution in [0, 0.1) is 0 Å². The number of hydrogen-bond donors (Lipinski definition) is 1. The molecule has 6 nitrogen and oxygen atoms in total. The van der Waals surface area contributed by atoms with Crippen molar-refractivity contribution in [2.45, 2.75) is 19.4 Å². The lowest BCUT2D eigenvalue weighted by atomic mass is 10.1. The Morgan fingerprint density at radius 2 is 1.89 bits per heavy atom. The molecule has 1 saturated heterocycles. The summed E-state index contributed by atoms with van der Waals surface area (Å²) in [4.78, 5) is 29.4. The van der Waals surface area contributed by atoms with Gasteiger partial charge in [0.1, 0.15) is 5.75 Å². The highest BCUT2D eigenvalue weighted by Crippen LogP contribution is 2.29. The number of nitrogens with zero attached hydrogens (tertiary/aromatic N) is 2. The molecule has 2 heterocycles. The average molecular weight is 388 g/mol. The van der Waals surface area contributed by atoms with Crippen molar-refractivity contribution in [1.29, 1.82) is 0 Å². The van der Waals surface area contributed by atoms with E-state index in [0.29, 0.717) is 13.1 Å². The molecule has 144 valence electrons. The summed E-state index contributed by atoms with van der Waals surface area (Å²) >= 11 is 1.56. The van der Waals surface area contributed by atoms with E-state index in [1.54, 1.807) is 18.4 Å². The summed E-state index contributed by atoms with van der Waals surface area (Å²) < 4.78 is 5.44.